The molecule has 2 aromatic rings. The van der Waals surface area contributed by atoms with Crippen LogP contribution >= 0.6 is 11.6 Å². The average molecular weight is 252 g/mol. The second-order valence-electron chi connectivity index (χ2n) is 3.63. The van der Waals surface area contributed by atoms with Crippen molar-refractivity contribution in [3.05, 3.63) is 40.8 Å². The van der Waals surface area contributed by atoms with E-state index in [1.54, 1.807) is 19.2 Å². The SMILES string of the molecule is CNc1nc(C)cc(-c2cc(F)cc(Cl)c2)n1. The second kappa shape index (κ2) is 4.67. The van der Waals surface area contributed by atoms with Gasteiger partial charge in [-0.1, -0.05) is 11.6 Å². The van der Waals surface area contributed by atoms with Gasteiger partial charge in [0.1, 0.15) is 5.82 Å². The molecule has 0 atom stereocenters. The van der Waals surface area contributed by atoms with Gasteiger partial charge in [0.05, 0.1) is 5.69 Å². The minimum absolute atomic E-state index is 0.349. The van der Waals surface area contributed by atoms with Crippen LogP contribution in [0.25, 0.3) is 11.3 Å². The quantitative estimate of drug-likeness (QED) is 0.890. The summed E-state index contributed by atoms with van der Waals surface area (Å²) in [6.07, 6.45) is 0. The highest BCUT2D eigenvalue weighted by atomic mass is 35.5. The highest BCUT2D eigenvalue weighted by Gasteiger charge is 2.06. The van der Waals surface area contributed by atoms with Gasteiger partial charge in [-0.3, -0.25) is 0 Å². The molecule has 5 heteroatoms. The molecule has 2 rings (SSSR count). The molecule has 0 saturated heterocycles. The molecule has 0 unspecified atom stereocenters. The van der Waals surface area contributed by atoms with E-state index in [1.165, 1.54) is 12.1 Å². The van der Waals surface area contributed by atoms with Gasteiger partial charge in [0, 0.05) is 23.3 Å². The molecular weight excluding hydrogens is 241 g/mol. The molecule has 1 N–H and O–H groups in total. The fourth-order valence-corrected chi connectivity index (χ4v) is 1.75. The van der Waals surface area contributed by atoms with Crippen LogP contribution in [-0.4, -0.2) is 17.0 Å². The molecule has 1 aromatic carbocycles. The number of hydrogen-bond donors (Lipinski definition) is 1. The van der Waals surface area contributed by atoms with Crippen LogP contribution in [0.2, 0.25) is 5.02 Å². The first-order valence-corrected chi connectivity index (χ1v) is 5.46. The van der Waals surface area contributed by atoms with Crippen LogP contribution < -0.4 is 5.32 Å². The van der Waals surface area contributed by atoms with E-state index in [9.17, 15) is 4.39 Å². The lowest BCUT2D eigenvalue weighted by atomic mass is 10.1. The Morgan fingerprint density at radius 3 is 2.59 bits per heavy atom. The first-order chi connectivity index (χ1) is 8.08. The lowest BCUT2D eigenvalue weighted by molar-refractivity contribution is 0.628. The van der Waals surface area contributed by atoms with Crippen molar-refractivity contribution in [3.8, 4) is 11.3 Å². The van der Waals surface area contributed by atoms with Gasteiger partial charge >= 0.3 is 0 Å². The van der Waals surface area contributed by atoms with Crippen LogP contribution in [0.4, 0.5) is 10.3 Å². The summed E-state index contributed by atoms with van der Waals surface area (Å²) in [6.45, 7) is 1.85. The van der Waals surface area contributed by atoms with Crippen molar-refractivity contribution < 1.29 is 4.39 Å². The number of aryl methyl sites for hydroxylation is 1. The summed E-state index contributed by atoms with van der Waals surface area (Å²) in [5, 5.41) is 3.21. The van der Waals surface area contributed by atoms with Crippen LogP contribution in [0.5, 0.6) is 0 Å². The largest absolute Gasteiger partial charge is 0.357 e. The monoisotopic (exact) mass is 251 g/mol. The third-order valence-electron chi connectivity index (χ3n) is 2.24. The Bertz CT molecular complexity index is 537. The highest BCUT2D eigenvalue weighted by molar-refractivity contribution is 6.30. The maximum Gasteiger partial charge on any atom is 0.223 e. The Kier molecular flexibility index (Phi) is 3.24. The zero-order valence-electron chi connectivity index (χ0n) is 9.46. The standard InChI is InChI=1S/C12H11ClFN3/c1-7-3-11(17-12(15-2)16-7)8-4-9(13)6-10(14)5-8/h3-6H,1-2H3,(H,15,16,17). The summed E-state index contributed by atoms with van der Waals surface area (Å²) in [4.78, 5) is 8.43. The van der Waals surface area contributed by atoms with E-state index in [-0.39, 0.29) is 5.82 Å². The summed E-state index contributed by atoms with van der Waals surface area (Å²) in [5.74, 6) is 0.121. The van der Waals surface area contributed by atoms with Gasteiger partial charge in [0.15, 0.2) is 0 Å². The van der Waals surface area contributed by atoms with Gasteiger partial charge in [-0.15, -0.1) is 0 Å². The lowest BCUT2D eigenvalue weighted by Crippen LogP contribution is -1.99. The average Bonchev–Trinajstić information content (AvgIpc) is 2.26. The normalized spacial score (nSPS) is 10.4. The van der Waals surface area contributed by atoms with E-state index in [2.05, 4.69) is 15.3 Å². The van der Waals surface area contributed by atoms with Crippen molar-refractivity contribution in [3.63, 3.8) is 0 Å². The molecule has 3 nitrogen and oxygen atoms in total. The van der Waals surface area contributed by atoms with Crippen molar-refractivity contribution in [1.29, 1.82) is 0 Å². The lowest BCUT2D eigenvalue weighted by Gasteiger charge is -2.06. The van der Waals surface area contributed by atoms with Gasteiger partial charge in [0.2, 0.25) is 5.95 Å². The maximum absolute atomic E-state index is 13.3. The fraction of sp³-hybridized carbons (Fsp3) is 0.167. The Balaban J connectivity index is 2.55. The zero-order valence-corrected chi connectivity index (χ0v) is 10.2. The molecule has 88 valence electrons. The number of hydrogen-bond acceptors (Lipinski definition) is 3. The molecule has 0 bridgehead atoms. The molecular formula is C12H11ClFN3. The number of nitrogens with zero attached hydrogens (tertiary/aromatic N) is 2. The molecule has 0 aliphatic carbocycles. The Morgan fingerprint density at radius 1 is 1.18 bits per heavy atom. The molecule has 0 aliphatic rings. The van der Waals surface area contributed by atoms with Gasteiger partial charge in [-0.05, 0) is 31.2 Å². The van der Waals surface area contributed by atoms with E-state index in [0.717, 1.165) is 5.69 Å². The second-order valence-corrected chi connectivity index (χ2v) is 4.06. The highest BCUT2D eigenvalue weighted by Crippen LogP contribution is 2.24. The van der Waals surface area contributed by atoms with Crippen LogP contribution in [0.3, 0.4) is 0 Å². The Morgan fingerprint density at radius 2 is 1.94 bits per heavy atom. The number of anilines is 1. The van der Waals surface area contributed by atoms with Gasteiger partial charge < -0.3 is 5.32 Å². The Hall–Kier alpha value is -1.68. The van der Waals surface area contributed by atoms with Gasteiger partial charge in [-0.2, -0.15) is 0 Å². The molecule has 0 spiro atoms. The predicted molar refractivity (Wildman–Crippen MR) is 66.7 cm³/mol. The van der Waals surface area contributed by atoms with Crippen LogP contribution in [0, 0.1) is 12.7 Å². The van der Waals surface area contributed by atoms with Gasteiger partial charge in [0.25, 0.3) is 0 Å². The number of nitrogens with one attached hydrogen (secondary N) is 1. The van der Waals surface area contributed by atoms with E-state index < -0.39 is 0 Å². The first-order valence-electron chi connectivity index (χ1n) is 5.08. The Labute approximate surface area is 104 Å². The number of halogens is 2. The smallest absolute Gasteiger partial charge is 0.223 e. The predicted octanol–water partition coefficient (Wildman–Crippen LogP) is 3.29. The molecule has 0 aliphatic heterocycles. The first kappa shape index (κ1) is 11.8. The van der Waals surface area contributed by atoms with Gasteiger partial charge in [-0.25, -0.2) is 14.4 Å². The van der Waals surface area contributed by atoms with Crippen molar-refractivity contribution in [2.45, 2.75) is 6.92 Å². The molecule has 0 amide bonds. The summed E-state index contributed by atoms with van der Waals surface area (Å²) in [5.41, 5.74) is 2.08. The summed E-state index contributed by atoms with van der Waals surface area (Å²) < 4.78 is 13.3. The molecule has 0 saturated carbocycles. The van der Waals surface area contributed by atoms with Crippen LogP contribution in [0.15, 0.2) is 24.3 Å². The minimum Gasteiger partial charge on any atom is -0.357 e. The van der Waals surface area contributed by atoms with E-state index in [0.29, 0.717) is 22.2 Å². The van der Waals surface area contributed by atoms with Crippen molar-refractivity contribution in [1.82, 2.24) is 9.97 Å². The summed E-state index contributed by atoms with van der Waals surface area (Å²) >= 11 is 5.81. The molecule has 0 radical (unpaired) electrons. The molecule has 0 fully saturated rings. The zero-order chi connectivity index (χ0) is 12.4. The minimum atomic E-state index is -0.380. The fourth-order valence-electron chi connectivity index (χ4n) is 1.53. The maximum atomic E-state index is 13.3. The third kappa shape index (κ3) is 2.71. The topological polar surface area (TPSA) is 37.8 Å². The van der Waals surface area contributed by atoms with Crippen molar-refractivity contribution >= 4 is 17.5 Å². The number of benzene rings is 1. The summed E-state index contributed by atoms with van der Waals surface area (Å²) in [7, 11) is 1.73. The van der Waals surface area contributed by atoms with Crippen LogP contribution in [-0.2, 0) is 0 Å². The van der Waals surface area contributed by atoms with Crippen molar-refractivity contribution in [2.24, 2.45) is 0 Å². The third-order valence-corrected chi connectivity index (χ3v) is 2.45. The van der Waals surface area contributed by atoms with Crippen LogP contribution in [0.1, 0.15) is 5.69 Å². The van der Waals surface area contributed by atoms with E-state index in [4.69, 9.17) is 11.6 Å². The van der Waals surface area contributed by atoms with E-state index >= 15 is 0 Å². The number of rotatable bonds is 2. The molecule has 1 aromatic heterocycles. The van der Waals surface area contributed by atoms with Crippen molar-refractivity contribution in [2.75, 3.05) is 12.4 Å². The molecule has 1 heterocycles. The van der Waals surface area contributed by atoms with E-state index in [1.807, 2.05) is 6.92 Å². The number of aromatic nitrogens is 2. The molecule has 17 heavy (non-hydrogen) atoms. The summed E-state index contributed by atoms with van der Waals surface area (Å²) in [6, 6.07) is 6.11.